The fourth-order valence-corrected chi connectivity index (χ4v) is 2.61. The van der Waals surface area contributed by atoms with E-state index in [9.17, 15) is 4.79 Å². The molecule has 0 fully saturated rings. The summed E-state index contributed by atoms with van der Waals surface area (Å²) >= 11 is 15.1. The third-order valence-corrected chi connectivity index (χ3v) is 4.16. The van der Waals surface area contributed by atoms with Gasteiger partial charge in [0.15, 0.2) is 17.2 Å². The number of carbonyl (C=O) groups excluding carboxylic acids is 1. The summed E-state index contributed by atoms with van der Waals surface area (Å²) in [6, 6.07) is 6.49. The number of benzene rings is 1. The molecule has 0 saturated carbocycles. The van der Waals surface area contributed by atoms with E-state index in [2.05, 4.69) is 20.9 Å². The Hall–Kier alpha value is -1.50. The molecule has 0 atom stereocenters. The zero-order chi connectivity index (χ0) is 15.7. The first-order valence-corrected chi connectivity index (χ1v) is 7.66. The predicted molar refractivity (Wildman–Crippen MR) is 83.6 cm³/mol. The number of hydrogen-bond acceptors (Lipinski definition) is 5. The Morgan fingerprint density at radius 3 is 2.77 bits per heavy atom. The molecule has 5 nitrogen and oxygen atoms in total. The van der Waals surface area contributed by atoms with Crippen molar-refractivity contribution < 1.29 is 19.0 Å². The molecule has 22 heavy (non-hydrogen) atoms. The normalized spacial score (nSPS) is 12.3. The van der Waals surface area contributed by atoms with E-state index in [0.29, 0.717) is 11.5 Å². The van der Waals surface area contributed by atoms with Gasteiger partial charge in [0.25, 0.3) is 0 Å². The van der Waals surface area contributed by atoms with Gasteiger partial charge < -0.3 is 14.2 Å². The third-order valence-electron chi connectivity index (χ3n) is 2.91. The van der Waals surface area contributed by atoms with E-state index in [-0.39, 0.29) is 29.3 Å². The summed E-state index contributed by atoms with van der Waals surface area (Å²) in [5.74, 6) is 0.590. The van der Waals surface area contributed by atoms with Crippen LogP contribution in [0.2, 0.25) is 10.2 Å². The van der Waals surface area contributed by atoms with Crippen LogP contribution in [0.5, 0.6) is 11.5 Å². The number of nitrogens with zero attached hydrogens (tertiary/aromatic N) is 1. The molecule has 0 radical (unpaired) electrons. The lowest BCUT2D eigenvalue weighted by molar-refractivity contribution is 0.0465. The molecule has 3 rings (SSSR count). The monoisotopic (exact) mass is 403 g/mol. The van der Waals surface area contributed by atoms with Crippen LogP contribution in [0.4, 0.5) is 0 Å². The van der Waals surface area contributed by atoms with Gasteiger partial charge in [0.1, 0.15) is 11.8 Å². The second-order valence-electron chi connectivity index (χ2n) is 4.34. The second-order valence-corrected chi connectivity index (χ2v) is 5.99. The van der Waals surface area contributed by atoms with Gasteiger partial charge in [0, 0.05) is 10.0 Å². The number of esters is 1. The van der Waals surface area contributed by atoms with Crippen LogP contribution < -0.4 is 9.47 Å². The smallest absolute Gasteiger partial charge is 0.358 e. The summed E-state index contributed by atoms with van der Waals surface area (Å²) in [4.78, 5) is 15.9. The minimum absolute atomic E-state index is 0.0222. The highest BCUT2D eigenvalue weighted by atomic mass is 79.9. The largest absolute Gasteiger partial charge is 0.456 e. The van der Waals surface area contributed by atoms with Crippen molar-refractivity contribution in [3.05, 3.63) is 50.2 Å². The standard InChI is InChI=1S/C14H8BrCl2NO4/c15-8-4-11-10(21-6-22-11)3-7(8)5-20-14(19)13-9(16)1-2-12(17)18-13/h1-4H,5-6H2. The third kappa shape index (κ3) is 3.14. The molecule has 0 amide bonds. The zero-order valence-electron chi connectivity index (χ0n) is 10.9. The van der Waals surface area contributed by atoms with E-state index in [1.807, 2.05) is 0 Å². The molecule has 114 valence electrons. The molecule has 2 aromatic rings. The van der Waals surface area contributed by atoms with E-state index in [1.54, 1.807) is 12.1 Å². The quantitative estimate of drug-likeness (QED) is 0.565. The number of pyridine rings is 1. The predicted octanol–water partition coefficient (Wildman–Crippen LogP) is 4.24. The summed E-state index contributed by atoms with van der Waals surface area (Å²) in [7, 11) is 0. The molecule has 0 N–H and O–H groups in total. The van der Waals surface area contributed by atoms with E-state index in [4.69, 9.17) is 37.4 Å². The number of carbonyl (C=O) groups is 1. The molecule has 0 unspecified atom stereocenters. The van der Waals surface area contributed by atoms with Crippen molar-refractivity contribution in [3.8, 4) is 11.5 Å². The van der Waals surface area contributed by atoms with Gasteiger partial charge in [-0.1, -0.05) is 39.1 Å². The van der Waals surface area contributed by atoms with Crippen molar-refractivity contribution in [3.63, 3.8) is 0 Å². The van der Waals surface area contributed by atoms with E-state index >= 15 is 0 Å². The van der Waals surface area contributed by atoms with Crippen molar-refractivity contribution in [2.24, 2.45) is 0 Å². The van der Waals surface area contributed by atoms with E-state index in [0.717, 1.165) is 10.0 Å². The number of aromatic nitrogens is 1. The van der Waals surface area contributed by atoms with Gasteiger partial charge in [0.05, 0.1) is 5.02 Å². The topological polar surface area (TPSA) is 57.7 Å². The summed E-state index contributed by atoms with van der Waals surface area (Å²) in [6.07, 6.45) is 0. The lowest BCUT2D eigenvalue weighted by atomic mass is 10.2. The fourth-order valence-electron chi connectivity index (χ4n) is 1.84. The van der Waals surface area contributed by atoms with Crippen LogP contribution in [0.25, 0.3) is 0 Å². The Bertz CT molecular complexity index is 754. The molecule has 0 bridgehead atoms. The average Bonchev–Trinajstić information content (AvgIpc) is 2.94. The summed E-state index contributed by atoms with van der Waals surface area (Å²) in [5.41, 5.74) is 0.710. The maximum absolute atomic E-state index is 12.0. The summed E-state index contributed by atoms with van der Waals surface area (Å²) in [5, 5.41) is 0.347. The Kier molecular flexibility index (Phi) is 4.42. The molecule has 0 spiro atoms. The molecule has 1 aromatic heterocycles. The summed E-state index contributed by atoms with van der Waals surface area (Å²) < 4.78 is 16.5. The van der Waals surface area contributed by atoms with Gasteiger partial charge >= 0.3 is 5.97 Å². The highest BCUT2D eigenvalue weighted by Gasteiger charge is 2.19. The first-order valence-electron chi connectivity index (χ1n) is 6.12. The fraction of sp³-hybridized carbons (Fsp3) is 0.143. The minimum atomic E-state index is -0.655. The van der Waals surface area contributed by atoms with E-state index < -0.39 is 5.97 Å². The second kappa shape index (κ2) is 6.32. The van der Waals surface area contributed by atoms with Crippen LogP contribution in [-0.2, 0) is 11.3 Å². The maximum atomic E-state index is 12.0. The van der Waals surface area contributed by atoms with Crippen molar-refractivity contribution in [1.29, 1.82) is 0 Å². The Labute approximate surface area is 144 Å². The molecule has 1 aliphatic rings. The van der Waals surface area contributed by atoms with Crippen LogP contribution in [0.3, 0.4) is 0 Å². The van der Waals surface area contributed by atoms with Gasteiger partial charge in [-0.05, 0) is 24.3 Å². The lowest BCUT2D eigenvalue weighted by Crippen LogP contribution is -2.08. The first kappa shape index (κ1) is 15.4. The molecule has 1 aromatic carbocycles. The van der Waals surface area contributed by atoms with Gasteiger partial charge in [-0.15, -0.1) is 0 Å². The maximum Gasteiger partial charge on any atom is 0.358 e. The average molecular weight is 405 g/mol. The van der Waals surface area contributed by atoms with Crippen LogP contribution in [0.1, 0.15) is 16.1 Å². The van der Waals surface area contributed by atoms with Crippen LogP contribution >= 0.6 is 39.1 Å². The van der Waals surface area contributed by atoms with Gasteiger partial charge in [-0.2, -0.15) is 0 Å². The van der Waals surface area contributed by atoms with Crippen LogP contribution in [0.15, 0.2) is 28.7 Å². The Morgan fingerprint density at radius 1 is 1.27 bits per heavy atom. The van der Waals surface area contributed by atoms with Crippen molar-refractivity contribution in [1.82, 2.24) is 4.98 Å². The highest BCUT2D eigenvalue weighted by molar-refractivity contribution is 9.10. The Morgan fingerprint density at radius 2 is 2.00 bits per heavy atom. The van der Waals surface area contributed by atoms with Gasteiger partial charge in [-0.3, -0.25) is 0 Å². The number of hydrogen-bond donors (Lipinski definition) is 0. The summed E-state index contributed by atoms with van der Waals surface area (Å²) in [6.45, 7) is 0.202. The van der Waals surface area contributed by atoms with Crippen molar-refractivity contribution >= 4 is 45.1 Å². The number of fused-ring (bicyclic) bond motifs is 1. The molecule has 1 aliphatic heterocycles. The molecule has 0 saturated heterocycles. The first-order chi connectivity index (χ1) is 10.5. The number of ether oxygens (including phenoxy) is 3. The minimum Gasteiger partial charge on any atom is -0.456 e. The van der Waals surface area contributed by atoms with Crippen molar-refractivity contribution in [2.75, 3.05) is 6.79 Å². The zero-order valence-corrected chi connectivity index (χ0v) is 14.0. The molecule has 0 aliphatic carbocycles. The highest BCUT2D eigenvalue weighted by Crippen LogP contribution is 2.37. The molecular formula is C14H8BrCl2NO4. The molecule has 8 heteroatoms. The Balaban J connectivity index is 1.75. The van der Waals surface area contributed by atoms with E-state index in [1.165, 1.54) is 12.1 Å². The molecule has 2 heterocycles. The van der Waals surface area contributed by atoms with Crippen LogP contribution in [0, 0.1) is 0 Å². The van der Waals surface area contributed by atoms with Crippen LogP contribution in [-0.4, -0.2) is 17.7 Å². The SMILES string of the molecule is O=C(OCc1cc2c(cc1Br)OCO2)c1nc(Cl)ccc1Cl. The van der Waals surface area contributed by atoms with Crippen molar-refractivity contribution in [2.45, 2.75) is 6.61 Å². The molecular weight excluding hydrogens is 397 g/mol. The van der Waals surface area contributed by atoms with Gasteiger partial charge in [-0.25, -0.2) is 9.78 Å². The number of halogens is 3. The number of rotatable bonds is 3. The lowest BCUT2D eigenvalue weighted by Gasteiger charge is -2.08. The van der Waals surface area contributed by atoms with Gasteiger partial charge in [0.2, 0.25) is 6.79 Å².